The van der Waals surface area contributed by atoms with Gasteiger partial charge in [0.05, 0.1) is 12.6 Å². The van der Waals surface area contributed by atoms with Gasteiger partial charge in [0, 0.05) is 17.5 Å². The van der Waals surface area contributed by atoms with E-state index in [9.17, 15) is 9.90 Å². The van der Waals surface area contributed by atoms with E-state index in [2.05, 4.69) is 10.5 Å². The molecule has 2 atom stereocenters. The second-order valence-electron chi connectivity index (χ2n) is 4.99. The molecule has 2 rings (SSSR count). The average molecular weight is 240 g/mol. The van der Waals surface area contributed by atoms with Gasteiger partial charge < -0.3 is 20.1 Å². The largest absolute Gasteiger partial charge is 0.476 e. The summed E-state index contributed by atoms with van der Waals surface area (Å²) in [7, 11) is 0. The summed E-state index contributed by atoms with van der Waals surface area (Å²) in [4.78, 5) is 10.6. The fourth-order valence-electron chi connectivity index (χ4n) is 1.97. The summed E-state index contributed by atoms with van der Waals surface area (Å²) in [6, 6.07) is 1.60. The van der Waals surface area contributed by atoms with Gasteiger partial charge in [0.15, 0.2) is 11.5 Å². The molecule has 1 aromatic rings. The lowest BCUT2D eigenvalue weighted by Gasteiger charge is -2.49. The molecule has 1 aromatic heterocycles. The molecular formula is C11H16N2O4. The van der Waals surface area contributed by atoms with Crippen LogP contribution in [0.3, 0.4) is 0 Å². The molecule has 0 aliphatic heterocycles. The van der Waals surface area contributed by atoms with Crippen molar-refractivity contribution in [2.24, 2.45) is 5.41 Å². The fourth-order valence-corrected chi connectivity index (χ4v) is 1.97. The number of aliphatic hydroxyl groups excluding tert-OH is 1. The number of carboxylic acid groups (broad SMARTS) is 1. The summed E-state index contributed by atoms with van der Waals surface area (Å²) in [6.45, 7) is 4.39. The van der Waals surface area contributed by atoms with Crippen LogP contribution in [0.15, 0.2) is 10.6 Å². The van der Waals surface area contributed by atoms with E-state index in [0.717, 1.165) is 0 Å². The molecule has 94 valence electrons. The molecule has 1 fully saturated rings. The van der Waals surface area contributed by atoms with Crippen LogP contribution in [-0.2, 0) is 6.54 Å². The summed E-state index contributed by atoms with van der Waals surface area (Å²) in [5.41, 5.74) is -0.245. The fraction of sp³-hybridized carbons (Fsp3) is 0.636. The zero-order valence-corrected chi connectivity index (χ0v) is 9.80. The zero-order chi connectivity index (χ0) is 12.6. The van der Waals surface area contributed by atoms with Crippen molar-refractivity contribution in [1.29, 1.82) is 0 Å². The second-order valence-corrected chi connectivity index (χ2v) is 4.99. The standard InChI is InChI=1S/C11H16N2O4/c1-11(2)8(4-9(11)14)12-5-6-3-7(10(15)16)13-17-6/h3,8-9,12,14H,4-5H2,1-2H3,(H,15,16). The lowest BCUT2D eigenvalue weighted by Crippen LogP contribution is -2.59. The molecule has 3 N–H and O–H groups in total. The lowest BCUT2D eigenvalue weighted by atomic mass is 9.64. The maximum Gasteiger partial charge on any atom is 0.358 e. The van der Waals surface area contributed by atoms with Gasteiger partial charge in [-0.15, -0.1) is 0 Å². The highest BCUT2D eigenvalue weighted by molar-refractivity contribution is 5.85. The number of carboxylic acids is 1. The zero-order valence-electron chi connectivity index (χ0n) is 9.80. The van der Waals surface area contributed by atoms with Crippen molar-refractivity contribution in [3.05, 3.63) is 17.5 Å². The smallest absolute Gasteiger partial charge is 0.358 e. The third-order valence-electron chi connectivity index (χ3n) is 3.52. The Kier molecular flexibility index (Phi) is 2.92. The van der Waals surface area contributed by atoms with Crippen molar-refractivity contribution in [3.8, 4) is 0 Å². The molecule has 0 aromatic carbocycles. The Hall–Kier alpha value is -1.40. The first-order valence-corrected chi connectivity index (χ1v) is 5.51. The molecule has 17 heavy (non-hydrogen) atoms. The van der Waals surface area contributed by atoms with E-state index >= 15 is 0 Å². The molecule has 1 aliphatic carbocycles. The molecule has 0 saturated heterocycles. The van der Waals surface area contributed by atoms with E-state index in [0.29, 0.717) is 18.7 Å². The van der Waals surface area contributed by atoms with Crippen molar-refractivity contribution in [2.75, 3.05) is 0 Å². The summed E-state index contributed by atoms with van der Waals surface area (Å²) in [6.07, 6.45) is 0.414. The number of nitrogens with one attached hydrogen (secondary N) is 1. The van der Waals surface area contributed by atoms with E-state index in [1.54, 1.807) is 0 Å². The SMILES string of the molecule is CC1(C)C(O)CC1NCc1cc(C(=O)O)no1. The van der Waals surface area contributed by atoms with Gasteiger partial charge in [-0.05, 0) is 6.42 Å². The van der Waals surface area contributed by atoms with Crippen LogP contribution < -0.4 is 5.32 Å². The predicted molar refractivity (Wildman–Crippen MR) is 58.5 cm³/mol. The average Bonchev–Trinajstić information content (AvgIpc) is 2.72. The monoisotopic (exact) mass is 240 g/mol. The van der Waals surface area contributed by atoms with Crippen LogP contribution in [0.4, 0.5) is 0 Å². The van der Waals surface area contributed by atoms with E-state index in [1.165, 1.54) is 6.07 Å². The summed E-state index contributed by atoms with van der Waals surface area (Å²) in [5, 5.41) is 24.9. The molecule has 0 amide bonds. The van der Waals surface area contributed by atoms with Crippen LogP contribution in [0.2, 0.25) is 0 Å². The first kappa shape index (κ1) is 12.1. The van der Waals surface area contributed by atoms with Crippen LogP contribution in [0.5, 0.6) is 0 Å². The number of aliphatic hydroxyl groups is 1. The normalized spacial score (nSPS) is 26.5. The Morgan fingerprint density at radius 2 is 2.41 bits per heavy atom. The minimum atomic E-state index is -1.10. The third-order valence-corrected chi connectivity index (χ3v) is 3.52. The summed E-state index contributed by atoms with van der Waals surface area (Å²) in [5.74, 6) is -0.612. The number of hydrogen-bond acceptors (Lipinski definition) is 5. The number of rotatable bonds is 4. The topological polar surface area (TPSA) is 95.6 Å². The van der Waals surface area contributed by atoms with Gasteiger partial charge in [0.2, 0.25) is 0 Å². The molecule has 6 heteroatoms. The predicted octanol–water partition coefficient (Wildman–Crippen LogP) is 0.622. The summed E-state index contributed by atoms with van der Waals surface area (Å²) >= 11 is 0. The minimum absolute atomic E-state index is 0.0882. The Bertz CT molecular complexity index is 427. The molecule has 6 nitrogen and oxygen atoms in total. The Balaban J connectivity index is 1.88. The Morgan fingerprint density at radius 3 is 2.88 bits per heavy atom. The van der Waals surface area contributed by atoms with E-state index in [1.807, 2.05) is 13.8 Å². The van der Waals surface area contributed by atoms with Crippen LogP contribution in [0.25, 0.3) is 0 Å². The number of aromatic nitrogens is 1. The third kappa shape index (κ3) is 2.18. The number of aromatic carboxylic acids is 1. The molecule has 2 unspecified atom stereocenters. The molecule has 1 aliphatic rings. The van der Waals surface area contributed by atoms with E-state index in [-0.39, 0.29) is 23.3 Å². The van der Waals surface area contributed by atoms with Crippen LogP contribution in [0.1, 0.15) is 36.5 Å². The van der Waals surface area contributed by atoms with Crippen LogP contribution in [-0.4, -0.2) is 33.5 Å². The quantitative estimate of drug-likeness (QED) is 0.714. The first-order valence-electron chi connectivity index (χ1n) is 5.51. The second kappa shape index (κ2) is 4.12. The molecule has 0 bridgehead atoms. The summed E-state index contributed by atoms with van der Waals surface area (Å²) < 4.78 is 4.88. The van der Waals surface area contributed by atoms with Crippen molar-refractivity contribution in [2.45, 2.75) is 39.0 Å². The van der Waals surface area contributed by atoms with Crippen molar-refractivity contribution < 1.29 is 19.5 Å². The number of carbonyl (C=O) groups is 1. The van der Waals surface area contributed by atoms with Gasteiger partial charge in [-0.3, -0.25) is 0 Å². The molecule has 1 heterocycles. The van der Waals surface area contributed by atoms with Gasteiger partial charge in [0.25, 0.3) is 0 Å². The molecular weight excluding hydrogens is 224 g/mol. The van der Waals surface area contributed by atoms with Gasteiger partial charge >= 0.3 is 5.97 Å². The van der Waals surface area contributed by atoms with Gasteiger partial charge in [-0.2, -0.15) is 0 Å². The molecule has 0 spiro atoms. The number of hydrogen-bond donors (Lipinski definition) is 3. The first-order chi connectivity index (χ1) is 7.91. The van der Waals surface area contributed by atoms with Crippen molar-refractivity contribution in [3.63, 3.8) is 0 Å². The highest BCUT2D eigenvalue weighted by Gasteiger charge is 2.46. The van der Waals surface area contributed by atoms with Crippen LogP contribution >= 0.6 is 0 Å². The maximum absolute atomic E-state index is 10.6. The number of nitrogens with zero attached hydrogens (tertiary/aromatic N) is 1. The Morgan fingerprint density at radius 1 is 1.71 bits per heavy atom. The van der Waals surface area contributed by atoms with Crippen molar-refractivity contribution in [1.82, 2.24) is 10.5 Å². The van der Waals surface area contributed by atoms with Gasteiger partial charge in [-0.25, -0.2) is 4.79 Å². The Labute approximate surface area is 98.6 Å². The molecule has 0 radical (unpaired) electrons. The van der Waals surface area contributed by atoms with Gasteiger partial charge in [-0.1, -0.05) is 19.0 Å². The van der Waals surface area contributed by atoms with Crippen molar-refractivity contribution >= 4 is 5.97 Å². The van der Waals surface area contributed by atoms with E-state index < -0.39 is 5.97 Å². The van der Waals surface area contributed by atoms with Gasteiger partial charge in [0.1, 0.15) is 0 Å². The minimum Gasteiger partial charge on any atom is -0.476 e. The maximum atomic E-state index is 10.6. The van der Waals surface area contributed by atoms with Crippen LogP contribution in [0, 0.1) is 5.41 Å². The highest BCUT2D eigenvalue weighted by atomic mass is 16.5. The van der Waals surface area contributed by atoms with E-state index in [4.69, 9.17) is 9.63 Å². The molecule has 1 saturated carbocycles. The highest BCUT2D eigenvalue weighted by Crippen LogP contribution is 2.40. The lowest BCUT2D eigenvalue weighted by molar-refractivity contribution is -0.0734.